The Morgan fingerprint density at radius 2 is 2.00 bits per heavy atom. The van der Waals surface area contributed by atoms with Crippen LogP contribution < -0.4 is 15.4 Å². The number of rotatable bonds is 5. The van der Waals surface area contributed by atoms with Crippen molar-refractivity contribution < 1.29 is 9.53 Å². The van der Waals surface area contributed by atoms with Crippen molar-refractivity contribution in [2.75, 3.05) is 19.0 Å². The third-order valence-corrected chi connectivity index (χ3v) is 4.44. The molecule has 0 radical (unpaired) electrons. The second kappa shape index (κ2) is 6.50. The summed E-state index contributed by atoms with van der Waals surface area (Å²) in [7, 11) is 1.67. The van der Waals surface area contributed by atoms with Crippen LogP contribution in [0.15, 0.2) is 48.5 Å². The van der Waals surface area contributed by atoms with Crippen LogP contribution in [0.5, 0.6) is 5.75 Å². The van der Waals surface area contributed by atoms with Gasteiger partial charge in [-0.2, -0.15) is 0 Å². The average molecular weight is 331 g/mol. The molecule has 3 rings (SSSR count). The molecule has 1 fully saturated rings. The third kappa shape index (κ3) is 3.59. The van der Waals surface area contributed by atoms with Gasteiger partial charge in [0.1, 0.15) is 5.75 Å². The Morgan fingerprint density at radius 3 is 2.70 bits per heavy atom. The minimum atomic E-state index is -0.228. The number of methoxy groups -OCH3 is 1. The first kappa shape index (κ1) is 15.7. The van der Waals surface area contributed by atoms with Gasteiger partial charge in [0.25, 0.3) is 0 Å². The van der Waals surface area contributed by atoms with Crippen molar-refractivity contribution in [1.29, 1.82) is 0 Å². The molecule has 1 aliphatic carbocycles. The van der Waals surface area contributed by atoms with Crippen molar-refractivity contribution in [2.45, 2.75) is 18.3 Å². The van der Waals surface area contributed by atoms with Crippen LogP contribution in [0.2, 0.25) is 5.02 Å². The number of anilines is 1. The van der Waals surface area contributed by atoms with Gasteiger partial charge < -0.3 is 15.4 Å². The Labute approximate surface area is 140 Å². The summed E-state index contributed by atoms with van der Waals surface area (Å²) in [6.45, 7) is 0.583. The number of ether oxygens (including phenoxy) is 1. The van der Waals surface area contributed by atoms with E-state index in [1.807, 2.05) is 18.2 Å². The average Bonchev–Trinajstić information content (AvgIpc) is 3.34. The first-order chi connectivity index (χ1) is 11.1. The molecule has 5 heteroatoms. The van der Waals surface area contributed by atoms with E-state index in [0.29, 0.717) is 17.3 Å². The molecule has 2 amide bonds. The number of carbonyl (C=O) groups excluding carboxylic acids is 1. The minimum Gasteiger partial charge on any atom is -0.496 e. The zero-order chi connectivity index (χ0) is 16.3. The molecule has 2 N–H and O–H groups in total. The first-order valence-corrected chi connectivity index (χ1v) is 7.95. The molecule has 0 atom stereocenters. The molecule has 0 spiro atoms. The zero-order valence-electron chi connectivity index (χ0n) is 12.9. The number of hydrogen-bond acceptors (Lipinski definition) is 2. The molecule has 2 aromatic carbocycles. The van der Waals surface area contributed by atoms with Crippen molar-refractivity contribution in [2.24, 2.45) is 0 Å². The molecule has 0 bridgehead atoms. The molecule has 0 heterocycles. The van der Waals surface area contributed by atoms with Gasteiger partial charge >= 0.3 is 6.03 Å². The zero-order valence-corrected chi connectivity index (χ0v) is 13.7. The molecule has 0 aromatic heterocycles. The van der Waals surface area contributed by atoms with Gasteiger partial charge in [0.2, 0.25) is 0 Å². The monoisotopic (exact) mass is 330 g/mol. The quantitative estimate of drug-likeness (QED) is 0.863. The van der Waals surface area contributed by atoms with Crippen LogP contribution in [0, 0.1) is 0 Å². The summed E-state index contributed by atoms with van der Waals surface area (Å²) in [5.74, 6) is 0.877. The lowest BCUT2D eigenvalue weighted by molar-refractivity contribution is 0.251. The van der Waals surface area contributed by atoms with E-state index in [0.717, 1.165) is 24.2 Å². The van der Waals surface area contributed by atoms with Crippen LogP contribution in [0.4, 0.5) is 10.5 Å². The Bertz CT molecular complexity index is 714. The summed E-state index contributed by atoms with van der Waals surface area (Å²) < 4.78 is 5.44. The largest absolute Gasteiger partial charge is 0.496 e. The fourth-order valence-electron chi connectivity index (χ4n) is 2.77. The van der Waals surface area contributed by atoms with Crippen LogP contribution in [0.1, 0.15) is 18.4 Å². The summed E-state index contributed by atoms with van der Waals surface area (Å²) >= 11 is 5.92. The van der Waals surface area contributed by atoms with Crippen LogP contribution in [-0.4, -0.2) is 19.7 Å². The maximum Gasteiger partial charge on any atom is 0.319 e. The second-order valence-electron chi connectivity index (χ2n) is 5.80. The lowest BCUT2D eigenvalue weighted by atomic mass is 9.95. The maximum absolute atomic E-state index is 12.1. The summed E-state index contributed by atoms with van der Waals surface area (Å²) in [4.78, 5) is 12.1. The highest BCUT2D eigenvalue weighted by Gasteiger charge is 2.46. The molecule has 120 valence electrons. The van der Waals surface area contributed by atoms with E-state index in [1.165, 1.54) is 0 Å². The number of amides is 2. The molecule has 0 unspecified atom stereocenters. The number of nitrogens with one attached hydrogen (secondary N) is 2. The van der Waals surface area contributed by atoms with Gasteiger partial charge in [-0.1, -0.05) is 35.9 Å². The molecule has 1 saturated carbocycles. The van der Waals surface area contributed by atoms with E-state index in [-0.39, 0.29) is 11.4 Å². The van der Waals surface area contributed by atoms with Gasteiger partial charge in [0, 0.05) is 28.2 Å². The normalized spacial score (nSPS) is 14.9. The topological polar surface area (TPSA) is 50.4 Å². The molecular weight excluding hydrogens is 312 g/mol. The Balaban J connectivity index is 1.62. The Kier molecular flexibility index (Phi) is 4.44. The maximum atomic E-state index is 12.1. The number of benzene rings is 2. The van der Waals surface area contributed by atoms with E-state index in [9.17, 15) is 4.79 Å². The van der Waals surface area contributed by atoms with Gasteiger partial charge in [0.05, 0.1) is 7.11 Å². The number of halogens is 1. The van der Waals surface area contributed by atoms with E-state index in [4.69, 9.17) is 16.3 Å². The number of para-hydroxylation sites is 1. The second-order valence-corrected chi connectivity index (χ2v) is 6.24. The highest BCUT2D eigenvalue weighted by molar-refractivity contribution is 6.30. The molecule has 2 aromatic rings. The van der Waals surface area contributed by atoms with E-state index in [2.05, 4.69) is 16.7 Å². The fraction of sp³-hybridized carbons (Fsp3) is 0.278. The lowest BCUT2D eigenvalue weighted by Gasteiger charge is -2.19. The van der Waals surface area contributed by atoms with Gasteiger partial charge in [-0.25, -0.2) is 4.79 Å². The molecule has 1 aliphatic rings. The van der Waals surface area contributed by atoms with Crippen LogP contribution in [0.3, 0.4) is 0 Å². The fourth-order valence-corrected chi connectivity index (χ4v) is 2.96. The standard InChI is InChI=1S/C18H19ClN2O2/c1-23-16-8-3-2-7-15(16)18(9-10-18)12-20-17(22)21-14-6-4-5-13(19)11-14/h2-8,11H,9-10,12H2,1H3,(H2,20,21,22). The number of urea groups is 1. The summed E-state index contributed by atoms with van der Waals surface area (Å²) in [6.07, 6.45) is 2.09. The SMILES string of the molecule is COc1ccccc1C1(CNC(=O)Nc2cccc(Cl)c2)CC1. The van der Waals surface area contributed by atoms with Crippen LogP contribution in [0.25, 0.3) is 0 Å². The molecule has 4 nitrogen and oxygen atoms in total. The highest BCUT2D eigenvalue weighted by atomic mass is 35.5. The molecule has 23 heavy (non-hydrogen) atoms. The van der Waals surface area contributed by atoms with Crippen molar-refractivity contribution in [3.8, 4) is 5.75 Å². The van der Waals surface area contributed by atoms with Gasteiger partial charge in [-0.3, -0.25) is 0 Å². The Hall–Kier alpha value is -2.20. The van der Waals surface area contributed by atoms with E-state index in [1.54, 1.807) is 31.4 Å². The number of carbonyl (C=O) groups is 1. The van der Waals surface area contributed by atoms with E-state index < -0.39 is 0 Å². The highest BCUT2D eigenvalue weighted by Crippen LogP contribution is 2.50. The molecular formula is C18H19ClN2O2. The smallest absolute Gasteiger partial charge is 0.319 e. The van der Waals surface area contributed by atoms with Crippen molar-refractivity contribution in [1.82, 2.24) is 5.32 Å². The lowest BCUT2D eigenvalue weighted by Crippen LogP contribution is -2.35. The number of hydrogen-bond donors (Lipinski definition) is 2. The minimum absolute atomic E-state index is 0.0156. The van der Waals surface area contributed by atoms with Gasteiger partial charge in [-0.15, -0.1) is 0 Å². The predicted octanol–water partition coefficient (Wildman–Crippen LogP) is 4.20. The van der Waals surface area contributed by atoms with Crippen molar-refractivity contribution in [3.05, 3.63) is 59.1 Å². The van der Waals surface area contributed by atoms with E-state index >= 15 is 0 Å². The summed E-state index contributed by atoms with van der Waals surface area (Å²) in [6, 6.07) is 14.9. The van der Waals surface area contributed by atoms with Gasteiger partial charge in [-0.05, 0) is 37.1 Å². The molecule has 0 aliphatic heterocycles. The summed E-state index contributed by atoms with van der Waals surface area (Å²) in [5, 5.41) is 6.34. The molecule has 0 saturated heterocycles. The summed E-state index contributed by atoms with van der Waals surface area (Å²) in [5.41, 5.74) is 1.82. The first-order valence-electron chi connectivity index (χ1n) is 7.57. The Morgan fingerprint density at radius 1 is 1.22 bits per heavy atom. The van der Waals surface area contributed by atoms with Crippen LogP contribution in [-0.2, 0) is 5.41 Å². The van der Waals surface area contributed by atoms with Crippen LogP contribution >= 0.6 is 11.6 Å². The van der Waals surface area contributed by atoms with Gasteiger partial charge in [0.15, 0.2) is 0 Å². The van der Waals surface area contributed by atoms with Crippen molar-refractivity contribution in [3.63, 3.8) is 0 Å². The third-order valence-electron chi connectivity index (χ3n) is 4.20. The predicted molar refractivity (Wildman–Crippen MR) is 92.4 cm³/mol. The van der Waals surface area contributed by atoms with Crippen molar-refractivity contribution >= 4 is 23.3 Å².